The molecular formula is C12H26O4. The van der Waals surface area contributed by atoms with E-state index in [2.05, 4.69) is 0 Å². The number of unbranched alkanes of at least 4 members (excludes halogenated alkanes) is 2. The zero-order chi connectivity index (χ0) is 12.2. The molecule has 0 amide bonds. The fraction of sp³-hybridized carbons (Fsp3) is 1.00. The predicted molar refractivity (Wildman–Crippen MR) is 62.8 cm³/mol. The molecule has 0 bridgehead atoms. The summed E-state index contributed by atoms with van der Waals surface area (Å²) in [5.74, 6) is 0.496. The van der Waals surface area contributed by atoms with Crippen LogP contribution in [0.1, 0.15) is 51.4 Å². The Morgan fingerprint density at radius 2 is 1.25 bits per heavy atom. The van der Waals surface area contributed by atoms with Crippen molar-refractivity contribution in [2.75, 3.05) is 13.2 Å². The highest BCUT2D eigenvalue weighted by Crippen LogP contribution is 2.19. The van der Waals surface area contributed by atoms with E-state index in [0.29, 0.717) is 12.3 Å². The molecular weight excluding hydrogens is 208 g/mol. The van der Waals surface area contributed by atoms with Gasteiger partial charge in [0.05, 0.1) is 0 Å². The van der Waals surface area contributed by atoms with E-state index in [4.69, 9.17) is 20.4 Å². The number of hydrogen-bond acceptors (Lipinski definition) is 4. The molecule has 4 N–H and O–H groups in total. The maximum absolute atomic E-state index is 8.88. The number of rotatable bonds is 11. The summed E-state index contributed by atoms with van der Waals surface area (Å²) >= 11 is 0. The van der Waals surface area contributed by atoms with Crippen molar-refractivity contribution in [1.29, 1.82) is 0 Å². The van der Waals surface area contributed by atoms with Gasteiger partial charge in [-0.1, -0.05) is 19.3 Å². The lowest BCUT2D eigenvalue weighted by Gasteiger charge is -2.14. The van der Waals surface area contributed by atoms with Crippen LogP contribution < -0.4 is 0 Å². The van der Waals surface area contributed by atoms with Crippen LogP contribution >= 0.6 is 0 Å². The quantitative estimate of drug-likeness (QED) is 0.318. The number of hydrogen-bond donors (Lipinski definition) is 4. The first-order chi connectivity index (χ1) is 7.70. The lowest BCUT2D eigenvalue weighted by Crippen LogP contribution is -2.06. The lowest BCUT2D eigenvalue weighted by molar-refractivity contribution is -0.0466. The van der Waals surface area contributed by atoms with E-state index in [-0.39, 0.29) is 13.2 Å². The predicted octanol–water partition coefficient (Wildman–Crippen LogP) is 1.02. The minimum absolute atomic E-state index is 0.214. The van der Waals surface area contributed by atoms with E-state index in [1.54, 1.807) is 0 Å². The van der Waals surface area contributed by atoms with Gasteiger partial charge in [-0.2, -0.15) is 0 Å². The molecule has 0 saturated carbocycles. The van der Waals surface area contributed by atoms with Gasteiger partial charge in [0.25, 0.3) is 0 Å². The summed E-state index contributed by atoms with van der Waals surface area (Å²) in [5, 5.41) is 34.9. The van der Waals surface area contributed by atoms with Crippen LogP contribution in [0, 0.1) is 5.92 Å². The van der Waals surface area contributed by atoms with Gasteiger partial charge < -0.3 is 20.4 Å². The molecule has 1 unspecified atom stereocenters. The van der Waals surface area contributed by atoms with Crippen LogP contribution in [-0.2, 0) is 0 Å². The van der Waals surface area contributed by atoms with Crippen LogP contribution in [0.15, 0.2) is 0 Å². The van der Waals surface area contributed by atoms with Gasteiger partial charge in [-0.3, -0.25) is 0 Å². The zero-order valence-corrected chi connectivity index (χ0v) is 10.0. The Morgan fingerprint density at radius 3 is 1.81 bits per heavy atom. The normalized spacial score (nSPS) is 13.3. The molecule has 4 heteroatoms. The van der Waals surface area contributed by atoms with Crippen LogP contribution in [0.25, 0.3) is 0 Å². The molecule has 0 radical (unpaired) electrons. The van der Waals surface area contributed by atoms with E-state index in [1.807, 2.05) is 0 Å². The zero-order valence-electron chi connectivity index (χ0n) is 10.0. The largest absolute Gasteiger partial charge is 0.396 e. The Kier molecular flexibility index (Phi) is 11.2. The molecule has 0 aromatic carbocycles. The smallest absolute Gasteiger partial charge is 0.151 e. The van der Waals surface area contributed by atoms with Gasteiger partial charge in [0.1, 0.15) is 0 Å². The van der Waals surface area contributed by atoms with Crippen molar-refractivity contribution in [1.82, 2.24) is 0 Å². The molecule has 98 valence electrons. The van der Waals surface area contributed by atoms with Crippen molar-refractivity contribution in [3.05, 3.63) is 0 Å². The summed E-state index contributed by atoms with van der Waals surface area (Å²) in [6.07, 6.45) is 5.80. The van der Waals surface area contributed by atoms with Crippen molar-refractivity contribution in [3.8, 4) is 0 Å². The Morgan fingerprint density at radius 1 is 0.625 bits per heavy atom. The van der Waals surface area contributed by atoms with E-state index in [0.717, 1.165) is 44.9 Å². The maximum atomic E-state index is 8.88. The minimum Gasteiger partial charge on any atom is -0.396 e. The van der Waals surface area contributed by atoms with Crippen molar-refractivity contribution in [3.63, 3.8) is 0 Å². The third kappa shape index (κ3) is 10.4. The molecule has 0 aliphatic carbocycles. The first-order valence-corrected chi connectivity index (χ1v) is 6.28. The van der Waals surface area contributed by atoms with Crippen molar-refractivity contribution < 1.29 is 20.4 Å². The second-order valence-electron chi connectivity index (χ2n) is 4.36. The van der Waals surface area contributed by atoms with Gasteiger partial charge >= 0.3 is 0 Å². The van der Waals surface area contributed by atoms with E-state index >= 15 is 0 Å². The molecule has 0 aromatic heterocycles. The fourth-order valence-electron chi connectivity index (χ4n) is 1.93. The minimum atomic E-state index is -1.18. The average Bonchev–Trinajstić information content (AvgIpc) is 2.24. The van der Waals surface area contributed by atoms with E-state index < -0.39 is 6.29 Å². The van der Waals surface area contributed by atoms with Crippen LogP contribution in [0.5, 0.6) is 0 Å². The number of aliphatic hydroxyl groups excluding tert-OH is 3. The summed E-state index contributed by atoms with van der Waals surface area (Å²) < 4.78 is 0. The Labute approximate surface area is 97.9 Å². The second kappa shape index (κ2) is 11.3. The van der Waals surface area contributed by atoms with Crippen LogP contribution in [0.2, 0.25) is 0 Å². The molecule has 0 fully saturated rings. The first-order valence-electron chi connectivity index (χ1n) is 6.28. The molecule has 0 saturated heterocycles. The molecule has 0 rings (SSSR count). The Balaban J connectivity index is 3.43. The van der Waals surface area contributed by atoms with Crippen LogP contribution in [0.4, 0.5) is 0 Å². The molecule has 0 spiro atoms. The van der Waals surface area contributed by atoms with Gasteiger partial charge in [-0.05, 0) is 38.0 Å². The Hall–Kier alpha value is -0.160. The third-order valence-corrected chi connectivity index (χ3v) is 2.88. The van der Waals surface area contributed by atoms with Crippen molar-refractivity contribution in [2.24, 2.45) is 5.92 Å². The molecule has 0 aromatic rings. The van der Waals surface area contributed by atoms with E-state index in [1.165, 1.54) is 0 Å². The lowest BCUT2D eigenvalue weighted by atomic mass is 9.93. The highest BCUT2D eigenvalue weighted by molar-refractivity contribution is 4.60. The van der Waals surface area contributed by atoms with Crippen LogP contribution in [-0.4, -0.2) is 39.9 Å². The summed E-state index contributed by atoms with van der Waals surface area (Å²) in [7, 11) is 0. The summed E-state index contributed by atoms with van der Waals surface area (Å²) in [4.78, 5) is 0. The van der Waals surface area contributed by atoms with Gasteiger partial charge in [0.2, 0.25) is 0 Å². The monoisotopic (exact) mass is 234 g/mol. The summed E-state index contributed by atoms with van der Waals surface area (Å²) in [6, 6.07) is 0. The van der Waals surface area contributed by atoms with Gasteiger partial charge in [0, 0.05) is 13.2 Å². The molecule has 0 aliphatic heterocycles. The Bertz CT molecular complexity index is 139. The molecule has 1 atom stereocenters. The topological polar surface area (TPSA) is 80.9 Å². The fourth-order valence-corrected chi connectivity index (χ4v) is 1.93. The van der Waals surface area contributed by atoms with Gasteiger partial charge in [0.15, 0.2) is 6.29 Å². The number of aliphatic hydroxyl groups is 4. The van der Waals surface area contributed by atoms with Crippen LogP contribution in [0.3, 0.4) is 0 Å². The molecule has 0 heterocycles. The van der Waals surface area contributed by atoms with Crippen molar-refractivity contribution in [2.45, 2.75) is 57.7 Å². The van der Waals surface area contributed by atoms with Crippen molar-refractivity contribution >= 4 is 0 Å². The highest BCUT2D eigenvalue weighted by atomic mass is 16.5. The average molecular weight is 234 g/mol. The molecule has 16 heavy (non-hydrogen) atoms. The SMILES string of the molecule is OCCCC(CCO)CCCCCC(O)O. The maximum Gasteiger partial charge on any atom is 0.151 e. The molecule has 0 aliphatic rings. The standard InChI is InChI=1S/C12H26O4/c13-9-4-6-11(8-10-14)5-2-1-3-7-12(15)16/h11-16H,1-10H2. The summed E-state index contributed by atoms with van der Waals surface area (Å²) in [6.45, 7) is 0.435. The second-order valence-corrected chi connectivity index (χ2v) is 4.36. The van der Waals surface area contributed by atoms with E-state index in [9.17, 15) is 0 Å². The highest BCUT2D eigenvalue weighted by Gasteiger charge is 2.07. The first kappa shape index (κ1) is 15.8. The molecule has 4 nitrogen and oxygen atoms in total. The van der Waals surface area contributed by atoms with Gasteiger partial charge in [-0.25, -0.2) is 0 Å². The summed E-state index contributed by atoms with van der Waals surface area (Å²) in [5.41, 5.74) is 0. The third-order valence-electron chi connectivity index (χ3n) is 2.88. The van der Waals surface area contributed by atoms with Gasteiger partial charge in [-0.15, -0.1) is 0 Å².